The monoisotopic (exact) mass is 437 g/mol. The summed E-state index contributed by atoms with van der Waals surface area (Å²) in [6.07, 6.45) is 11.3. The molecule has 0 aliphatic heterocycles. The average Bonchev–Trinajstić information content (AvgIpc) is 3.42. The van der Waals surface area contributed by atoms with Crippen LogP contribution in [0.3, 0.4) is 0 Å². The fraction of sp³-hybridized carbons (Fsp3) is 0. The summed E-state index contributed by atoms with van der Waals surface area (Å²) >= 11 is 0. The molecule has 0 aliphatic rings. The van der Waals surface area contributed by atoms with Gasteiger partial charge in [0.15, 0.2) is 0 Å². The van der Waals surface area contributed by atoms with Crippen LogP contribution in [0.4, 0.5) is 0 Å². The van der Waals surface area contributed by atoms with Crippen LogP contribution in [0.2, 0.25) is 0 Å². The molecule has 158 valence electrons. The Bertz CT molecular complexity index is 1700. The molecule has 0 saturated carbocycles. The van der Waals surface area contributed by atoms with Gasteiger partial charge in [-0.3, -0.25) is 9.97 Å². The predicted octanol–water partition coefficient (Wildman–Crippen LogP) is 5.15. The lowest BCUT2D eigenvalue weighted by atomic mass is 10.2. The van der Waals surface area contributed by atoms with Gasteiger partial charge >= 0.3 is 0 Å². The number of fused-ring (bicyclic) bond motifs is 6. The maximum Gasteiger partial charge on any atom is 0.224 e. The van der Waals surface area contributed by atoms with Gasteiger partial charge in [-0.1, -0.05) is 41.1 Å². The molecule has 6 heteroatoms. The van der Waals surface area contributed by atoms with Gasteiger partial charge in [0, 0.05) is 33.9 Å². The van der Waals surface area contributed by atoms with Gasteiger partial charge in [0.1, 0.15) is 28.4 Å². The Kier molecular flexibility index (Phi) is 3.81. The maximum absolute atomic E-state index is 9.93. The summed E-state index contributed by atoms with van der Waals surface area (Å²) in [5, 5.41) is 14.5. The van der Waals surface area contributed by atoms with Gasteiger partial charge in [0.25, 0.3) is 0 Å². The summed E-state index contributed by atoms with van der Waals surface area (Å²) in [6.45, 7) is 0. The molecular weight excluding hydrogens is 420 g/mol. The third-order valence-electron chi connectivity index (χ3n) is 6.38. The molecule has 0 radical (unpaired) electrons. The number of rotatable bonds is 2. The van der Waals surface area contributed by atoms with Crippen LogP contribution >= 0.6 is 0 Å². The summed E-state index contributed by atoms with van der Waals surface area (Å²) in [6, 6.07) is 24.9. The molecule has 0 atom stereocenters. The van der Waals surface area contributed by atoms with Crippen molar-refractivity contribution >= 4 is 43.6 Å². The largest absolute Gasteiger partial charge is 0.302 e. The normalized spacial score (nSPS) is 11.5. The van der Waals surface area contributed by atoms with Crippen LogP contribution in [0.5, 0.6) is 0 Å². The van der Waals surface area contributed by atoms with E-state index in [-0.39, 0.29) is 0 Å². The number of pyridine rings is 3. The van der Waals surface area contributed by atoms with E-state index in [1.54, 1.807) is 0 Å². The third-order valence-corrected chi connectivity index (χ3v) is 6.38. The Balaban J connectivity index is 1.60. The van der Waals surface area contributed by atoms with Gasteiger partial charge in [0.2, 0.25) is 12.4 Å². The summed E-state index contributed by atoms with van der Waals surface area (Å²) in [7, 11) is 0. The van der Waals surface area contributed by atoms with Gasteiger partial charge in [0.05, 0.1) is 23.4 Å². The highest BCUT2D eigenvalue weighted by atomic mass is 15.5. The van der Waals surface area contributed by atoms with Crippen LogP contribution in [0.1, 0.15) is 5.56 Å². The van der Waals surface area contributed by atoms with Gasteiger partial charge in [-0.15, -0.1) is 4.68 Å². The number of benzene rings is 2. The maximum atomic E-state index is 9.93. The Morgan fingerprint density at radius 1 is 0.676 bits per heavy atom. The van der Waals surface area contributed by atoms with Crippen LogP contribution < -0.4 is 4.68 Å². The first-order valence-electron chi connectivity index (χ1n) is 11.0. The zero-order chi connectivity index (χ0) is 22.6. The molecule has 6 nitrogen and oxygen atoms in total. The van der Waals surface area contributed by atoms with Crippen molar-refractivity contribution in [3.8, 4) is 11.8 Å². The van der Waals surface area contributed by atoms with Crippen LogP contribution in [0.25, 0.3) is 49.3 Å². The molecular formula is C28H17N6+. The molecule has 5 heterocycles. The Labute approximate surface area is 194 Å². The molecule has 0 spiro atoms. The number of para-hydroxylation sites is 2. The van der Waals surface area contributed by atoms with Crippen LogP contribution in [-0.4, -0.2) is 19.2 Å². The van der Waals surface area contributed by atoms with Crippen molar-refractivity contribution in [2.24, 2.45) is 0 Å². The van der Waals surface area contributed by atoms with Crippen molar-refractivity contribution in [2.45, 2.75) is 0 Å². The highest BCUT2D eigenvalue weighted by Gasteiger charge is 2.21. The number of nitriles is 1. The second kappa shape index (κ2) is 6.99. The number of hydrogen-bond acceptors (Lipinski definition) is 3. The second-order valence-electron chi connectivity index (χ2n) is 8.24. The molecule has 5 aromatic heterocycles. The van der Waals surface area contributed by atoms with Crippen molar-refractivity contribution in [3.05, 3.63) is 109 Å². The van der Waals surface area contributed by atoms with Gasteiger partial charge in [-0.25, -0.2) is 0 Å². The van der Waals surface area contributed by atoms with E-state index in [0.29, 0.717) is 5.56 Å². The fourth-order valence-electron chi connectivity index (χ4n) is 4.99. The van der Waals surface area contributed by atoms with Gasteiger partial charge < -0.3 is 4.57 Å². The molecule has 0 unspecified atom stereocenters. The molecule has 34 heavy (non-hydrogen) atoms. The smallest absolute Gasteiger partial charge is 0.224 e. The van der Waals surface area contributed by atoms with Crippen molar-refractivity contribution in [2.75, 3.05) is 0 Å². The van der Waals surface area contributed by atoms with Crippen LogP contribution in [0.15, 0.2) is 104 Å². The quantitative estimate of drug-likeness (QED) is 0.351. The highest BCUT2D eigenvalue weighted by molar-refractivity contribution is 6.09. The van der Waals surface area contributed by atoms with E-state index in [0.717, 1.165) is 49.3 Å². The zero-order valence-corrected chi connectivity index (χ0v) is 18.0. The first kappa shape index (κ1) is 18.5. The van der Waals surface area contributed by atoms with Gasteiger partial charge in [-0.2, -0.15) is 5.26 Å². The topological polar surface area (TPSA) is 63.3 Å². The zero-order valence-electron chi connectivity index (χ0n) is 18.0. The van der Waals surface area contributed by atoms with E-state index in [1.807, 2.05) is 78.1 Å². The Hall–Kier alpha value is -5.02. The van der Waals surface area contributed by atoms with E-state index in [9.17, 15) is 5.26 Å². The van der Waals surface area contributed by atoms with E-state index >= 15 is 0 Å². The highest BCUT2D eigenvalue weighted by Crippen LogP contribution is 2.31. The summed E-state index contributed by atoms with van der Waals surface area (Å²) in [5.74, 6) is 0. The molecule has 0 bridgehead atoms. The summed E-state index contributed by atoms with van der Waals surface area (Å²) in [5.41, 5.74) is 5.51. The van der Waals surface area contributed by atoms with Crippen molar-refractivity contribution in [3.63, 3.8) is 0 Å². The molecule has 2 aromatic carbocycles. The van der Waals surface area contributed by atoms with Crippen molar-refractivity contribution in [1.82, 2.24) is 19.2 Å². The average molecular weight is 437 g/mol. The van der Waals surface area contributed by atoms with Gasteiger partial charge in [-0.05, 0) is 30.3 Å². The van der Waals surface area contributed by atoms with Crippen molar-refractivity contribution in [1.29, 1.82) is 5.26 Å². The molecule has 0 aliphatic carbocycles. The molecule has 0 amide bonds. The van der Waals surface area contributed by atoms with E-state index < -0.39 is 0 Å². The first-order chi connectivity index (χ1) is 16.8. The molecule has 7 rings (SSSR count). The molecule has 0 N–H and O–H groups in total. The summed E-state index contributed by atoms with van der Waals surface area (Å²) in [4.78, 5) is 8.76. The Morgan fingerprint density at radius 3 is 2.06 bits per heavy atom. The SMILES string of the molecule is N#Cc1cc(-n2c3ccccc3c3ccncc32)c[n+](-n2c3ccccc3c3ccncc32)c1. The minimum Gasteiger partial charge on any atom is -0.302 e. The Morgan fingerprint density at radius 2 is 1.29 bits per heavy atom. The second-order valence-corrected chi connectivity index (χ2v) is 8.24. The number of hydrogen-bond donors (Lipinski definition) is 0. The minimum atomic E-state index is 0.558. The summed E-state index contributed by atoms with van der Waals surface area (Å²) < 4.78 is 6.26. The lowest BCUT2D eigenvalue weighted by Crippen LogP contribution is -2.41. The standard InChI is InChI=1S/C28H17N6/c29-14-19-13-20(33-25-7-3-1-5-21(25)23-9-11-30-15-27(23)33)18-32(17-19)34-26-8-4-2-6-22(26)24-10-12-31-16-28(24)34/h1-13,15-18H/q+1. The predicted molar refractivity (Wildman–Crippen MR) is 132 cm³/mol. The number of aromatic nitrogens is 5. The number of nitrogens with zero attached hydrogens (tertiary/aromatic N) is 6. The lowest BCUT2D eigenvalue weighted by Gasteiger charge is -2.08. The van der Waals surface area contributed by atoms with Crippen LogP contribution in [0, 0.1) is 11.3 Å². The fourth-order valence-corrected chi connectivity index (χ4v) is 4.99. The van der Waals surface area contributed by atoms with Crippen molar-refractivity contribution < 1.29 is 4.68 Å². The van der Waals surface area contributed by atoms with E-state index in [2.05, 4.69) is 55.7 Å². The van der Waals surface area contributed by atoms with E-state index in [1.165, 1.54) is 0 Å². The third kappa shape index (κ3) is 2.52. The first-order valence-corrected chi connectivity index (χ1v) is 11.0. The minimum absolute atomic E-state index is 0.558. The molecule has 0 fully saturated rings. The lowest BCUT2D eigenvalue weighted by molar-refractivity contribution is -0.720. The molecule has 0 saturated heterocycles. The molecule has 7 aromatic rings. The van der Waals surface area contributed by atoms with E-state index in [4.69, 9.17) is 0 Å². The van der Waals surface area contributed by atoms with Crippen LogP contribution in [-0.2, 0) is 0 Å².